The number of halogens is 2. The molecule has 2 heterocycles. The van der Waals surface area contributed by atoms with Crippen molar-refractivity contribution >= 4 is 35.0 Å². The second-order valence-electron chi connectivity index (χ2n) is 4.88. The molecule has 2 atom stereocenters. The summed E-state index contributed by atoms with van der Waals surface area (Å²) in [6.45, 7) is 4.45. The quantitative estimate of drug-likeness (QED) is 0.849. The Balaban J connectivity index is 0.00000120. The second kappa shape index (κ2) is 5.52. The molecule has 4 heteroatoms. The molecule has 2 aromatic rings. The van der Waals surface area contributed by atoms with E-state index in [1.807, 2.05) is 6.07 Å². The van der Waals surface area contributed by atoms with Gasteiger partial charge in [-0.2, -0.15) is 0 Å². The summed E-state index contributed by atoms with van der Waals surface area (Å²) in [6.07, 6.45) is 2.81. The first-order valence-corrected chi connectivity index (χ1v) is 6.51. The van der Waals surface area contributed by atoms with Crippen molar-refractivity contribution < 1.29 is 4.42 Å². The topological polar surface area (TPSA) is 25.2 Å². The molecule has 0 radical (unpaired) electrons. The summed E-state index contributed by atoms with van der Waals surface area (Å²) in [7, 11) is 0. The maximum Gasteiger partial charge on any atom is 0.138 e. The molecule has 2 nitrogen and oxygen atoms in total. The Labute approximate surface area is 118 Å². The Kier molecular flexibility index (Phi) is 4.21. The summed E-state index contributed by atoms with van der Waals surface area (Å²) in [4.78, 5) is 0. The average Bonchev–Trinajstić information content (AvgIpc) is 2.72. The Morgan fingerprint density at radius 1 is 1.39 bits per heavy atom. The van der Waals surface area contributed by atoms with Gasteiger partial charge in [0.2, 0.25) is 0 Å². The SMILES string of the molecule is C[C@@H]1CNCC[C@@H]1c1cccc2c(Cl)coc12.Cl. The molecule has 0 saturated carbocycles. The number of piperidine rings is 1. The number of furan rings is 1. The maximum absolute atomic E-state index is 6.11. The van der Waals surface area contributed by atoms with Crippen LogP contribution in [0.1, 0.15) is 24.8 Å². The van der Waals surface area contributed by atoms with Crippen molar-refractivity contribution in [2.24, 2.45) is 5.92 Å². The van der Waals surface area contributed by atoms with Crippen molar-refractivity contribution in [3.63, 3.8) is 0 Å². The molecular formula is C14H17Cl2NO. The van der Waals surface area contributed by atoms with Crippen LogP contribution >= 0.6 is 24.0 Å². The molecule has 1 aliphatic heterocycles. The van der Waals surface area contributed by atoms with Crippen molar-refractivity contribution in [3.8, 4) is 0 Å². The Hall–Kier alpha value is -0.700. The molecule has 98 valence electrons. The lowest BCUT2D eigenvalue weighted by molar-refractivity contribution is 0.349. The summed E-state index contributed by atoms with van der Waals surface area (Å²) in [5.41, 5.74) is 2.28. The molecule has 1 aromatic carbocycles. The lowest BCUT2D eigenvalue weighted by Crippen LogP contribution is -2.33. The van der Waals surface area contributed by atoms with Crippen LogP contribution in [0.15, 0.2) is 28.9 Å². The van der Waals surface area contributed by atoms with E-state index >= 15 is 0 Å². The minimum absolute atomic E-state index is 0. The van der Waals surface area contributed by atoms with Gasteiger partial charge in [-0.15, -0.1) is 12.4 Å². The largest absolute Gasteiger partial charge is 0.462 e. The van der Waals surface area contributed by atoms with Crippen LogP contribution in [-0.2, 0) is 0 Å². The Morgan fingerprint density at radius 2 is 2.22 bits per heavy atom. The number of hydrogen-bond donors (Lipinski definition) is 1. The molecule has 0 amide bonds. The van der Waals surface area contributed by atoms with Gasteiger partial charge in [0.05, 0.1) is 5.02 Å². The number of rotatable bonds is 1. The highest BCUT2D eigenvalue weighted by Crippen LogP contribution is 2.37. The molecular weight excluding hydrogens is 269 g/mol. The fraction of sp³-hybridized carbons (Fsp3) is 0.429. The Morgan fingerprint density at radius 3 is 3.00 bits per heavy atom. The van der Waals surface area contributed by atoms with Crippen LogP contribution in [-0.4, -0.2) is 13.1 Å². The number of hydrogen-bond acceptors (Lipinski definition) is 2. The predicted octanol–water partition coefficient (Wildman–Crippen LogP) is 4.22. The first kappa shape index (κ1) is 13.7. The smallest absolute Gasteiger partial charge is 0.138 e. The summed E-state index contributed by atoms with van der Waals surface area (Å²) in [5, 5.41) is 5.18. The molecule has 0 unspecified atom stereocenters. The minimum Gasteiger partial charge on any atom is -0.462 e. The molecule has 0 aliphatic carbocycles. The van der Waals surface area contributed by atoms with E-state index in [4.69, 9.17) is 16.0 Å². The summed E-state index contributed by atoms with van der Waals surface area (Å²) >= 11 is 6.11. The van der Waals surface area contributed by atoms with Crippen LogP contribution in [0.2, 0.25) is 5.02 Å². The van der Waals surface area contributed by atoms with Crippen LogP contribution in [0.25, 0.3) is 11.0 Å². The fourth-order valence-electron chi connectivity index (χ4n) is 2.82. The van der Waals surface area contributed by atoms with Gasteiger partial charge in [0.15, 0.2) is 0 Å². The third-order valence-corrected chi connectivity index (χ3v) is 4.06. The van der Waals surface area contributed by atoms with Gasteiger partial charge in [-0.3, -0.25) is 0 Å². The summed E-state index contributed by atoms with van der Waals surface area (Å²) in [6, 6.07) is 6.28. The minimum atomic E-state index is 0. The lowest BCUT2D eigenvalue weighted by Gasteiger charge is -2.29. The molecule has 1 aliphatic rings. The molecule has 1 N–H and O–H groups in total. The van der Waals surface area contributed by atoms with Crippen molar-refractivity contribution in [2.75, 3.05) is 13.1 Å². The monoisotopic (exact) mass is 285 g/mol. The second-order valence-corrected chi connectivity index (χ2v) is 5.29. The van der Waals surface area contributed by atoms with Crippen LogP contribution < -0.4 is 5.32 Å². The van der Waals surface area contributed by atoms with Crippen LogP contribution in [0.5, 0.6) is 0 Å². The van der Waals surface area contributed by atoms with E-state index in [0.29, 0.717) is 16.9 Å². The van der Waals surface area contributed by atoms with Crippen molar-refractivity contribution in [2.45, 2.75) is 19.3 Å². The zero-order chi connectivity index (χ0) is 11.8. The summed E-state index contributed by atoms with van der Waals surface area (Å²) in [5.74, 6) is 1.21. The molecule has 1 fully saturated rings. The fourth-order valence-corrected chi connectivity index (χ4v) is 3.01. The first-order valence-electron chi connectivity index (χ1n) is 6.13. The maximum atomic E-state index is 6.11. The van der Waals surface area contributed by atoms with E-state index in [1.54, 1.807) is 6.26 Å². The highest BCUT2D eigenvalue weighted by molar-refractivity contribution is 6.35. The predicted molar refractivity (Wildman–Crippen MR) is 77.9 cm³/mol. The number of para-hydroxylation sites is 1. The molecule has 3 rings (SSSR count). The van der Waals surface area contributed by atoms with Crippen molar-refractivity contribution in [1.82, 2.24) is 5.32 Å². The van der Waals surface area contributed by atoms with Crippen LogP contribution in [0.3, 0.4) is 0 Å². The highest BCUT2D eigenvalue weighted by atomic mass is 35.5. The average molecular weight is 286 g/mol. The molecule has 0 bridgehead atoms. The van der Waals surface area contributed by atoms with E-state index in [9.17, 15) is 0 Å². The third kappa shape index (κ3) is 2.25. The third-order valence-electron chi connectivity index (χ3n) is 3.77. The van der Waals surface area contributed by atoms with Crippen molar-refractivity contribution in [1.29, 1.82) is 0 Å². The van der Waals surface area contributed by atoms with Crippen LogP contribution in [0.4, 0.5) is 0 Å². The van der Waals surface area contributed by atoms with E-state index in [1.165, 1.54) is 12.0 Å². The van der Waals surface area contributed by atoms with E-state index in [2.05, 4.69) is 24.4 Å². The molecule has 1 saturated heterocycles. The van der Waals surface area contributed by atoms with E-state index < -0.39 is 0 Å². The van der Waals surface area contributed by atoms with Crippen LogP contribution in [0, 0.1) is 5.92 Å². The molecule has 18 heavy (non-hydrogen) atoms. The van der Waals surface area contributed by atoms with Gasteiger partial charge in [0, 0.05) is 5.39 Å². The number of fused-ring (bicyclic) bond motifs is 1. The van der Waals surface area contributed by atoms with E-state index in [0.717, 1.165) is 24.1 Å². The van der Waals surface area contributed by atoms with Crippen molar-refractivity contribution in [3.05, 3.63) is 35.0 Å². The number of benzene rings is 1. The van der Waals surface area contributed by atoms with E-state index in [-0.39, 0.29) is 12.4 Å². The van der Waals surface area contributed by atoms with Gasteiger partial charge in [-0.05, 0) is 43.0 Å². The van der Waals surface area contributed by atoms with Gasteiger partial charge >= 0.3 is 0 Å². The standard InChI is InChI=1S/C14H16ClNO.ClH/c1-9-7-16-6-5-10(9)11-3-2-4-12-13(15)8-17-14(11)12;/h2-4,8-10,16H,5-7H2,1H3;1H/t9-,10+;/m1./s1. The molecule has 0 spiro atoms. The number of nitrogens with one attached hydrogen (secondary N) is 1. The van der Waals surface area contributed by atoms with Gasteiger partial charge < -0.3 is 9.73 Å². The van der Waals surface area contributed by atoms with Gasteiger partial charge in [0.1, 0.15) is 11.8 Å². The molecule has 1 aromatic heterocycles. The zero-order valence-electron chi connectivity index (χ0n) is 10.3. The highest BCUT2D eigenvalue weighted by Gasteiger charge is 2.25. The van der Waals surface area contributed by atoms with Gasteiger partial charge in [0.25, 0.3) is 0 Å². The van der Waals surface area contributed by atoms with Gasteiger partial charge in [-0.1, -0.05) is 30.7 Å². The Bertz CT molecular complexity index is 538. The lowest BCUT2D eigenvalue weighted by atomic mass is 9.82. The first-order chi connectivity index (χ1) is 8.27. The van der Waals surface area contributed by atoms with Gasteiger partial charge in [-0.25, -0.2) is 0 Å². The normalized spacial score (nSPS) is 23.9. The summed E-state index contributed by atoms with van der Waals surface area (Å²) < 4.78 is 5.63. The zero-order valence-corrected chi connectivity index (χ0v) is 11.9.